The molecule has 0 radical (unpaired) electrons. The third-order valence-corrected chi connectivity index (χ3v) is 3.50. The fourth-order valence-electron chi connectivity index (χ4n) is 2.54. The Kier molecular flexibility index (Phi) is 2.14. The first kappa shape index (κ1) is 8.79. The van der Waals surface area contributed by atoms with Crippen LogP contribution < -0.4 is 0 Å². The molecular weight excluding hydrogens is 164 g/mol. The van der Waals surface area contributed by atoms with Gasteiger partial charge in [0.05, 0.1) is 5.92 Å². The van der Waals surface area contributed by atoms with Gasteiger partial charge in [-0.3, -0.25) is 4.79 Å². The number of carbonyl (C=O) groups excluding carboxylic acids is 1. The van der Waals surface area contributed by atoms with E-state index in [1.807, 2.05) is 13.0 Å². The summed E-state index contributed by atoms with van der Waals surface area (Å²) in [5.41, 5.74) is 0. The van der Waals surface area contributed by atoms with Gasteiger partial charge in [0, 0.05) is 5.92 Å². The van der Waals surface area contributed by atoms with Crippen LogP contribution in [0.3, 0.4) is 0 Å². The molecule has 0 amide bonds. The van der Waals surface area contributed by atoms with Gasteiger partial charge in [0.2, 0.25) is 0 Å². The molecule has 1 aliphatic carbocycles. The summed E-state index contributed by atoms with van der Waals surface area (Å²) >= 11 is 0. The number of esters is 1. The zero-order valence-corrected chi connectivity index (χ0v) is 8.03. The van der Waals surface area contributed by atoms with Crippen LogP contribution in [-0.2, 0) is 9.53 Å². The topological polar surface area (TPSA) is 26.3 Å². The largest absolute Gasteiger partial charge is 0.462 e. The summed E-state index contributed by atoms with van der Waals surface area (Å²) in [6.07, 6.45) is 5.45. The molecule has 1 heterocycles. The van der Waals surface area contributed by atoms with Crippen molar-refractivity contribution < 1.29 is 9.53 Å². The normalized spacial score (nSPS) is 43.9. The molecule has 0 N–H and O–H groups in total. The smallest absolute Gasteiger partial charge is 0.309 e. The summed E-state index contributed by atoms with van der Waals surface area (Å²) in [4.78, 5) is 11.3. The molecule has 0 aromatic heterocycles. The van der Waals surface area contributed by atoms with Crippen molar-refractivity contribution in [3.05, 3.63) is 12.7 Å². The first-order chi connectivity index (χ1) is 6.22. The molecular formula is C11H16O2. The van der Waals surface area contributed by atoms with Gasteiger partial charge >= 0.3 is 5.97 Å². The molecule has 2 heteroatoms. The number of carbonyl (C=O) groups is 1. The van der Waals surface area contributed by atoms with E-state index >= 15 is 0 Å². The van der Waals surface area contributed by atoms with Gasteiger partial charge in [0.25, 0.3) is 0 Å². The van der Waals surface area contributed by atoms with Gasteiger partial charge in [0.1, 0.15) is 6.10 Å². The van der Waals surface area contributed by atoms with E-state index in [4.69, 9.17) is 4.74 Å². The Morgan fingerprint density at radius 3 is 3.00 bits per heavy atom. The maximum Gasteiger partial charge on any atom is 0.309 e. The minimum atomic E-state index is -0.000266. The second-order valence-corrected chi connectivity index (χ2v) is 4.24. The van der Waals surface area contributed by atoms with Crippen LogP contribution in [0.4, 0.5) is 0 Å². The Balaban J connectivity index is 2.07. The zero-order chi connectivity index (χ0) is 9.42. The zero-order valence-electron chi connectivity index (χ0n) is 8.03. The molecule has 2 aliphatic rings. The van der Waals surface area contributed by atoms with Crippen LogP contribution in [0.5, 0.6) is 0 Å². The molecule has 0 aromatic rings. The second kappa shape index (κ2) is 3.17. The van der Waals surface area contributed by atoms with Gasteiger partial charge in [-0.1, -0.05) is 13.0 Å². The summed E-state index contributed by atoms with van der Waals surface area (Å²) in [6, 6.07) is 0. The molecule has 0 aromatic carbocycles. The minimum Gasteiger partial charge on any atom is -0.462 e. The quantitative estimate of drug-likeness (QED) is 0.456. The van der Waals surface area contributed by atoms with Gasteiger partial charge in [0.15, 0.2) is 0 Å². The summed E-state index contributed by atoms with van der Waals surface area (Å²) in [7, 11) is 0. The van der Waals surface area contributed by atoms with Crippen LogP contribution in [0.1, 0.15) is 26.2 Å². The minimum absolute atomic E-state index is 0.000266. The van der Waals surface area contributed by atoms with Crippen molar-refractivity contribution in [1.82, 2.24) is 0 Å². The fourth-order valence-corrected chi connectivity index (χ4v) is 2.54. The molecule has 0 spiro atoms. The molecule has 1 aliphatic heterocycles. The molecule has 1 saturated heterocycles. The van der Waals surface area contributed by atoms with Crippen molar-refractivity contribution in [3.63, 3.8) is 0 Å². The Bertz CT molecular complexity index is 234. The van der Waals surface area contributed by atoms with Crippen molar-refractivity contribution in [2.45, 2.75) is 32.3 Å². The van der Waals surface area contributed by atoms with E-state index in [1.165, 1.54) is 6.42 Å². The Morgan fingerprint density at radius 2 is 2.31 bits per heavy atom. The molecule has 2 fully saturated rings. The average Bonchev–Trinajstić information content (AvgIpc) is 2.42. The standard InChI is InChI=1S/C11H16O2/c1-3-8-4-5-9-7(2)11(12)13-10(9)6-8/h3,7-10H,1,4-6H2,2H3. The maximum atomic E-state index is 11.3. The summed E-state index contributed by atoms with van der Waals surface area (Å²) in [5, 5.41) is 0. The lowest BCUT2D eigenvalue weighted by atomic mass is 9.76. The summed E-state index contributed by atoms with van der Waals surface area (Å²) in [5.74, 6) is 1.15. The highest BCUT2D eigenvalue weighted by Crippen LogP contribution is 2.40. The van der Waals surface area contributed by atoms with Crippen LogP contribution in [-0.4, -0.2) is 12.1 Å². The molecule has 72 valence electrons. The van der Waals surface area contributed by atoms with E-state index in [0.717, 1.165) is 12.8 Å². The summed E-state index contributed by atoms with van der Waals surface area (Å²) in [6.45, 7) is 5.78. The highest BCUT2D eigenvalue weighted by atomic mass is 16.6. The third-order valence-electron chi connectivity index (χ3n) is 3.50. The van der Waals surface area contributed by atoms with Gasteiger partial charge in [-0.25, -0.2) is 0 Å². The molecule has 2 nitrogen and oxygen atoms in total. The van der Waals surface area contributed by atoms with Crippen molar-refractivity contribution >= 4 is 5.97 Å². The first-order valence-corrected chi connectivity index (χ1v) is 5.05. The van der Waals surface area contributed by atoms with Crippen LogP contribution >= 0.6 is 0 Å². The van der Waals surface area contributed by atoms with Crippen LogP contribution in [0, 0.1) is 17.8 Å². The van der Waals surface area contributed by atoms with Gasteiger partial charge in [-0.15, -0.1) is 6.58 Å². The molecule has 13 heavy (non-hydrogen) atoms. The lowest BCUT2D eigenvalue weighted by molar-refractivity contribution is -0.144. The highest BCUT2D eigenvalue weighted by molar-refractivity contribution is 5.74. The number of hydrogen-bond acceptors (Lipinski definition) is 2. The molecule has 4 atom stereocenters. The fraction of sp³-hybridized carbons (Fsp3) is 0.727. The highest BCUT2D eigenvalue weighted by Gasteiger charge is 2.44. The molecule has 1 saturated carbocycles. The number of allylic oxidation sites excluding steroid dienone is 1. The number of ether oxygens (including phenoxy) is 1. The average molecular weight is 180 g/mol. The van der Waals surface area contributed by atoms with E-state index in [-0.39, 0.29) is 18.0 Å². The lowest BCUT2D eigenvalue weighted by Crippen LogP contribution is -2.27. The SMILES string of the molecule is C=CC1CCC2C(C1)OC(=O)C2C. The molecule has 0 bridgehead atoms. The number of rotatable bonds is 1. The molecule has 2 rings (SSSR count). The van der Waals surface area contributed by atoms with Crippen molar-refractivity contribution in [2.75, 3.05) is 0 Å². The third kappa shape index (κ3) is 1.38. The van der Waals surface area contributed by atoms with Crippen LogP contribution in [0.2, 0.25) is 0 Å². The predicted molar refractivity (Wildman–Crippen MR) is 50.1 cm³/mol. The van der Waals surface area contributed by atoms with E-state index in [9.17, 15) is 4.79 Å². The van der Waals surface area contributed by atoms with Crippen molar-refractivity contribution in [3.8, 4) is 0 Å². The van der Waals surface area contributed by atoms with Crippen molar-refractivity contribution in [1.29, 1.82) is 0 Å². The van der Waals surface area contributed by atoms with E-state index < -0.39 is 0 Å². The number of hydrogen-bond donors (Lipinski definition) is 0. The molecule has 4 unspecified atom stereocenters. The van der Waals surface area contributed by atoms with Gasteiger partial charge < -0.3 is 4.74 Å². The Morgan fingerprint density at radius 1 is 1.54 bits per heavy atom. The van der Waals surface area contributed by atoms with Crippen molar-refractivity contribution in [2.24, 2.45) is 17.8 Å². The monoisotopic (exact) mass is 180 g/mol. The van der Waals surface area contributed by atoms with E-state index in [1.54, 1.807) is 0 Å². The van der Waals surface area contributed by atoms with Crippen LogP contribution in [0.25, 0.3) is 0 Å². The number of fused-ring (bicyclic) bond motifs is 1. The van der Waals surface area contributed by atoms with Gasteiger partial charge in [-0.05, 0) is 25.2 Å². The summed E-state index contributed by atoms with van der Waals surface area (Å²) < 4.78 is 5.32. The lowest BCUT2D eigenvalue weighted by Gasteiger charge is -2.29. The van der Waals surface area contributed by atoms with Crippen LogP contribution in [0.15, 0.2) is 12.7 Å². The van der Waals surface area contributed by atoms with E-state index in [2.05, 4.69) is 6.58 Å². The Labute approximate surface area is 79.0 Å². The Hall–Kier alpha value is -0.790. The predicted octanol–water partition coefficient (Wildman–Crippen LogP) is 2.15. The first-order valence-electron chi connectivity index (χ1n) is 5.05. The second-order valence-electron chi connectivity index (χ2n) is 4.24. The van der Waals surface area contributed by atoms with E-state index in [0.29, 0.717) is 11.8 Å². The maximum absolute atomic E-state index is 11.3. The van der Waals surface area contributed by atoms with Gasteiger partial charge in [-0.2, -0.15) is 0 Å².